The second kappa shape index (κ2) is 6.14. The highest BCUT2D eigenvalue weighted by Crippen LogP contribution is 2.22. The predicted molar refractivity (Wildman–Crippen MR) is 83.6 cm³/mol. The van der Waals surface area contributed by atoms with Crippen molar-refractivity contribution in [3.63, 3.8) is 0 Å². The molecule has 2 rings (SSSR count). The molecule has 1 saturated heterocycles. The third-order valence-corrected chi connectivity index (χ3v) is 6.00. The summed E-state index contributed by atoms with van der Waals surface area (Å²) in [4.78, 5) is 2.19. The molecule has 4 nitrogen and oxygen atoms in total. The summed E-state index contributed by atoms with van der Waals surface area (Å²) in [6.07, 6.45) is 1.80. The smallest absolute Gasteiger partial charge is 0.151 e. The second-order valence-electron chi connectivity index (χ2n) is 5.89. The lowest BCUT2D eigenvalue weighted by Gasteiger charge is -2.24. The van der Waals surface area contributed by atoms with Gasteiger partial charge in [-0.2, -0.15) is 0 Å². The van der Waals surface area contributed by atoms with E-state index in [1.807, 2.05) is 19.2 Å². The zero-order valence-electron chi connectivity index (χ0n) is 12.2. The Labute approximate surface area is 121 Å². The zero-order valence-corrected chi connectivity index (χ0v) is 13.1. The van der Waals surface area contributed by atoms with Gasteiger partial charge in [-0.05, 0) is 50.0 Å². The predicted octanol–water partition coefficient (Wildman–Crippen LogP) is 1.88. The quantitative estimate of drug-likeness (QED) is 0.843. The van der Waals surface area contributed by atoms with Gasteiger partial charge in [-0.15, -0.1) is 0 Å². The topological polar surface area (TPSA) is 63.4 Å². The number of nitrogens with zero attached hydrogens (tertiary/aromatic N) is 1. The van der Waals surface area contributed by atoms with Crippen molar-refractivity contribution in [3.05, 3.63) is 29.8 Å². The van der Waals surface area contributed by atoms with Crippen molar-refractivity contribution >= 4 is 15.5 Å². The highest BCUT2D eigenvalue weighted by atomic mass is 32.2. The number of anilines is 1. The first-order valence-corrected chi connectivity index (χ1v) is 8.95. The van der Waals surface area contributed by atoms with E-state index < -0.39 is 9.84 Å². The molecule has 5 heteroatoms. The summed E-state index contributed by atoms with van der Waals surface area (Å²) in [7, 11) is -0.763. The second-order valence-corrected chi connectivity index (χ2v) is 8.12. The van der Waals surface area contributed by atoms with Crippen molar-refractivity contribution in [1.82, 2.24) is 4.90 Å². The molecular weight excluding hydrogens is 272 g/mol. The van der Waals surface area contributed by atoms with Gasteiger partial charge in [-0.25, -0.2) is 8.42 Å². The summed E-state index contributed by atoms with van der Waals surface area (Å²) < 4.78 is 23.0. The zero-order chi connectivity index (χ0) is 14.8. The van der Waals surface area contributed by atoms with Crippen LogP contribution in [0.4, 0.5) is 5.69 Å². The van der Waals surface area contributed by atoms with Crippen LogP contribution in [0, 0.1) is 0 Å². The summed E-state index contributed by atoms with van der Waals surface area (Å²) in [6.45, 7) is 3.12. The van der Waals surface area contributed by atoms with Crippen molar-refractivity contribution in [1.29, 1.82) is 0 Å². The van der Waals surface area contributed by atoms with Gasteiger partial charge in [0.05, 0.1) is 11.5 Å². The molecule has 0 aliphatic carbocycles. The molecule has 0 bridgehead atoms. The molecular formula is C15H24N2O2S. The average molecular weight is 296 g/mol. The average Bonchev–Trinajstić information content (AvgIpc) is 2.77. The van der Waals surface area contributed by atoms with Gasteiger partial charge in [0.2, 0.25) is 0 Å². The van der Waals surface area contributed by atoms with Crippen LogP contribution >= 0.6 is 0 Å². The van der Waals surface area contributed by atoms with Crippen LogP contribution in [0.3, 0.4) is 0 Å². The fourth-order valence-corrected chi connectivity index (χ4v) is 4.50. The van der Waals surface area contributed by atoms with Crippen LogP contribution in [0.2, 0.25) is 0 Å². The third-order valence-electron chi connectivity index (χ3n) is 4.25. The molecule has 1 heterocycles. The minimum atomic E-state index is -2.79. The standard InChI is InChI=1S/C15H24N2O2S/c1-12(13-3-5-14(16)6-4-13)7-9-17(2)15-8-10-20(18,19)11-15/h3-6,12,15H,7-11,16H2,1-2H3. The van der Waals surface area contributed by atoms with E-state index in [0.29, 0.717) is 17.4 Å². The first-order valence-electron chi connectivity index (χ1n) is 7.13. The Hall–Kier alpha value is -1.07. The molecule has 1 aromatic carbocycles. The normalized spacial score (nSPS) is 23.1. The lowest BCUT2D eigenvalue weighted by molar-refractivity contribution is 0.253. The van der Waals surface area contributed by atoms with Crippen LogP contribution in [-0.4, -0.2) is 44.5 Å². The lowest BCUT2D eigenvalue weighted by Crippen LogP contribution is -2.33. The molecule has 2 atom stereocenters. The van der Waals surface area contributed by atoms with Gasteiger partial charge in [0.1, 0.15) is 0 Å². The highest BCUT2D eigenvalue weighted by Gasteiger charge is 2.30. The van der Waals surface area contributed by atoms with E-state index in [-0.39, 0.29) is 6.04 Å². The molecule has 20 heavy (non-hydrogen) atoms. The Balaban J connectivity index is 1.84. The largest absolute Gasteiger partial charge is 0.399 e. The Morgan fingerprint density at radius 2 is 2.00 bits per heavy atom. The summed E-state index contributed by atoms with van der Waals surface area (Å²) in [6, 6.07) is 8.19. The molecule has 1 fully saturated rings. The molecule has 0 amide bonds. The van der Waals surface area contributed by atoms with E-state index in [1.165, 1.54) is 5.56 Å². The van der Waals surface area contributed by atoms with Gasteiger partial charge in [0.25, 0.3) is 0 Å². The molecule has 112 valence electrons. The molecule has 2 unspecified atom stereocenters. The maximum absolute atomic E-state index is 11.5. The van der Waals surface area contributed by atoms with Gasteiger partial charge in [-0.3, -0.25) is 0 Å². The Morgan fingerprint density at radius 3 is 2.55 bits per heavy atom. The minimum absolute atomic E-state index is 0.193. The van der Waals surface area contributed by atoms with Crippen molar-refractivity contribution in [2.45, 2.75) is 31.7 Å². The Morgan fingerprint density at radius 1 is 1.35 bits per heavy atom. The molecule has 0 radical (unpaired) electrons. The number of benzene rings is 1. The first-order chi connectivity index (χ1) is 9.37. The fraction of sp³-hybridized carbons (Fsp3) is 0.600. The van der Waals surface area contributed by atoms with Crippen molar-refractivity contribution in [2.75, 3.05) is 30.8 Å². The van der Waals surface area contributed by atoms with Gasteiger partial charge in [0.15, 0.2) is 9.84 Å². The highest BCUT2D eigenvalue weighted by molar-refractivity contribution is 7.91. The van der Waals surface area contributed by atoms with Crippen LogP contribution < -0.4 is 5.73 Å². The minimum Gasteiger partial charge on any atom is -0.399 e. The summed E-state index contributed by atoms with van der Waals surface area (Å²) in [5, 5.41) is 0. The van der Waals surface area contributed by atoms with Crippen LogP contribution in [0.25, 0.3) is 0 Å². The summed E-state index contributed by atoms with van der Waals surface area (Å²) in [5.41, 5.74) is 7.76. The van der Waals surface area contributed by atoms with E-state index in [4.69, 9.17) is 5.73 Å². The van der Waals surface area contributed by atoms with Crippen LogP contribution in [-0.2, 0) is 9.84 Å². The Bertz CT molecular complexity index is 539. The van der Waals surface area contributed by atoms with E-state index in [1.54, 1.807) is 0 Å². The number of nitrogen functional groups attached to an aromatic ring is 1. The maximum atomic E-state index is 11.5. The van der Waals surface area contributed by atoms with E-state index >= 15 is 0 Å². The van der Waals surface area contributed by atoms with Crippen molar-refractivity contribution < 1.29 is 8.42 Å². The molecule has 2 N–H and O–H groups in total. The molecule has 1 aromatic rings. The van der Waals surface area contributed by atoms with Gasteiger partial charge >= 0.3 is 0 Å². The first kappa shape index (κ1) is 15.3. The molecule has 0 aromatic heterocycles. The summed E-state index contributed by atoms with van der Waals surface area (Å²) >= 11 is 0. The number of hydrogen-bond acceptors (Lipinski definition) is 4. The molecule has 0 saturated carbocycles. The Kier molecular flexibility index (Phi) is 4.70. The summed E-state index contributed by atoms with van der Waals surface area (Å²) in [5.74, 6) is 1.12. The van der Waals surface area contributed by atoms with Gasteiger partial charge < -0.3 is 10.6 Å². The molecule has 1 aliphatic heterocycles. The van der Waals surface area contributed by atoms with Crippen molar-refractivity contribution in [2.24, 2.45) is 0 Å². The fourth-order valence-electron chi connectivity index (χ4n) is 2.69. The molecule has 0 spiro atoms. The van der Waals surface area contributed by atoms with Crippen LogP contribution in [0.1, 0.15) is 31.2 Å². The van der Waals surface area contributed by atoms with Crippen LogP contribution in [0.5, 0.6) is 0 Å². The maximum Gasteiger partial charge on any atom is 0.151 e. The van der Waals surface area contributed by atoms with Gasteiger partial charge in [-0.1, -0.05) is 19.1 Å². The number of nitrogens with two attached hydrogens (primary N) is 1. The number of sulfone groups is 1. The lowest BCUT2D eigenvalue weighted by atomic mass is 9.97. The van der Waals surface area contributed by atoms with E-state index in [2.05, 4.69) is 24.0 Å². The van der Waals surface area contributed by atoms with E-state index in [9.17, 15) is 8.42 Å². The van der Waals surface area contributed by atoms with Gasteiger partial charge in [0, 0.05) is 11.7 Å². The molecule has 1 aliphatic rings. The van der Waals surface area contributed by atoms with E-state index in [0.717, 1.165) is 25.1 Å². The number of hydrogen-bond donors (Lipinski definition) is 1. The van der Waals surface area contributed by atoms with Crippen LogP contribution in [0.15, 0.2) is 24.3 Å². The monoisotopic (exact) mass is 296 g/mol. The SMILES string of the molecule is CC(CCN(C)C1CCS(=O)(=O)C1)c1ccc(N)cc1. The van der Waals surface area contributed by atoms with Crippen molar-refractivity contribution in [3.8, 4) is 0 Å². The number of rotatable bonds is 5. The third kappa shape index (κ3) is 3.96.